The lowest BCUT2D eigenvalue weighted by atomic mass is 9.75. The number of hydrogen-bond donors (Lipinski definition) is 1. The lowest BCUT2D eigenvalue weighted by molar-refractivity contribution is 0.0768. The van der Waals surface area contributed by atoms with Crippen molar-refractivity contribution in [1.29, 1.82) is 0 Å². The number of rotatable bonds is 3. The van der Waals surface area contributed by atoms with E-state index in [1.54, 1.807) is 7.11 Å². The average Bonchev–Trinajstić information content (AvgIpc) is 1.77. The van der Waals surface area contributed by atoms with Crippen molar-refractivity contribution >= 4 is 0 Å². The van der Waals surface area contributed by atoms with Crippen LogP contribution in [0.4, 0.5) is 0 Å². The van der Waals surface area contributed by atoms with Crippen molar-refractivity contribution in [3.63, 3.8) is 0 Å². The molecule has 9 heavy (non-hydrogen) atoms. The second kappa shape index (κ2) is 3.18. The van der Waals surface area contributed by atoms with Gasteiger partial charge in [0.1, 0.15) is 0 Å². The molecule has 0 saturated heterocycles. The summed E-state index contributed by atoms with van der Waals surface area (Å²) < 4.78 is 5.00. The minimum atomic E-state index is 0.796. The monoisotopic (exact) mass is 129 g/mol. The van der Waals surface area contributed by atoms with Crippen LogP contribution in [0, 0.1) is 11.8 Å². The van der Waals surface area contributed by atoms with Gasteiger partial charge in [0.15, 0.2) is 0 Å². The van der Waals surface area contributed by atoms with E-state index in [4.69, 9.17) is 10.5 Å². The second-order valence-electron chi connectivity index (χ2n) is 2.89. The molecule has 1 rings (SSSR count). The highest BCUT2D eigenvalue weighted by Crippen LogP contribution is 2.32. The van der Waals surface area contributed by atoms with Crippen LogP contribution in [-0.4, -0.2) is 20.3 Å². The zero-order chi connectivity index (χ0) is 6.69. The van der Waals surface area contributed by atoms with E-state index in [-0.39, 0.29) is 0 Å². The summed E-state index contributed by atoms with van der Waals surface area (Å²) in [6, 6.07) is 0. The standard InChI is InChI=1S/C7H15NO/c1-9-5-7-2-6(3-7)4-8/h6-7H,2-5,8H2,1H3. The van der Waals surface area contributed by atoms with Crippen molar-refractivity contribution < 1.29 is 4.74 Å². The van der Waals surface area contributed by atoms with E-state index in [1.807, 2.05) is 0 Å². The van der Waals surface area contributed by atoms with Crippen molar-refractivity contribution in [2.45, 2.75) is 12.8 Å². The van der Waals surface area contributed by atoms with Gasteiger partial charge in [0, 0.05) is 13.7 Å². The zero-order valence-corrected chi connectivity index (χ0v) is 5.97. The molecule has 2 heteroatoms. The van der Waals surface area contributed by atoms with Crippen molar-refractivity contribution in [3.8, 4) is 0 Å². The Balaban J connectivity index is 1.98. The Morgan fingerprint density at radius 1 is 1.44 bits per heavy atom. The molecule has 1 aliphatic carbocycles. The van der Waals surface area contributed by atoms with Crippen LogP contribution in [-0.2, 0) is 4.74 Å². The van der Waals surface area contributed by atoms with E-state index in [0.29, 0.717) is 0 Å². The molecule has 0 spiro atoms. The summed E-state index contributed by atoms with van der Waals surface area (Å²) in [7, 11) is 1.76. The summed E-state index contributed by atoms with van der Waals surface area (Å²) in [6.45, 7) is 1.79. The van der Waals surface area contributed by atoms with E-state index in [2.05, 4.69) is 0 Å². The molecule has 0 aromatic carbocycles. The van der Waals surface area contributed by atoms with Gasteiger partial charge in [0.05, 0.1) is 0 Å². The largest absolute Gasteiger partial charge is 0.384 e. The molecule has 0 amide bonds. The van der Waals surface area contributed by atoms with E-state index >= 15 is 0 Å². The van der Waals surface area contributed by atoms with E-state index < -0.39 is 0 Å². The van der Waals surface area contributed by atoms with E-state index in [0.717, 1.165) is 25.0 Å². The molecule has 0 radical (unpaired) electrons. The summed E-state index contributed by atoms with van der Waals surface area (Å²) in [4.78, 5) is 0. The second-order valence-corrected chi connectivity index (χ2v) is 2.89. The molecule has 1 saturated carbocycles. The first-order valence-corrected chi connectivity index (χ1v) is 3.55. The lowest BCUT2D eigenvalue weighted by Crippen LogP contribution is -2.32. The molecule has 0 atom stereocenters. The van der Waals surface area contributed by atoms with Gasteiger partial charge in [-0.15, -0.1) is 0 Å². The molecule has 1 fully saturated rings. The molecule has 2 N–H and O–H groups in total. The number of nitrogens with two attached hydrogens (primary N) is 1. The molecule has 0 heterocycles. The topological polar surface area (TPSA) is 35.2 Å². The fourth-order valence-corrected chi connectivity index (χ4v) is 1.44. The molecular weight excluding hydrogens is 114 g/mol. The van der Waals surface area contributed by atoms with Gasteiger partial charge < -0.3 is 10.5 Å². The Morgan fingerprint density at radius 3 is 2.56 bits per heavy atom. The molecular formula is C7H15NO. The van der Waals surface area contributed by atoms with E-state index in [9.17, 15) is 0 Å². The van der Waals surface area contributed by atoms with Crippen molar-refractivity contribution in [2.24, 2.45) is 17.6 Å². The van der Waals surface area contributed by atoms with Gasteiger partial charge >= 0.3 is 0 Å². The third kappa shape index (κ3) is 1.66. The Bertz CT molecular complexity index is 79.0. The molecule has 0 aromatic rings. The fourth-order valence-electron chi connectivity index (χ4n) is 1.44. The Kier molecular flexibility index (Phi) is 2.49. The smallest absolute Gasteiger partial charge is 0.0490 e. The van der Waals surface area contributed by atoms with Crippen molar-refractivity contribution in [1.82, 2.24) is 0 Å². The summed E-state index contributed by atoms with van der Waals surface area (Å²) in [5.74, 6) is 1.61. The van der Waals surface area contributed by atoms with Crippen LogP contribution < -0.4 is 5.73 Å². The first-order valence-electron chi connectivity index (χ1n) is 3.55. The van der Waals surface area contributed by atoms with Crippen LogP contribution in [0.2, 0.25) is 0 Å². The van der Waals surface area contributed by atoms with Crippen molar-refractivity contribution in [2.75, 3.05) is 20.3 Å². The fraction of sp³-hybridized carbons (Fsp3) is 1.00. The van der Waals surface area contributed by atoms with Gasteiger partial charge in [-0.2, -0.15) is 0 Å². The number of hydrogen-bond acceptors (Lipinski definition) is 2. The number of ether oxygens (including phenoxy) is 1. The normalized spacial score (nSPS) is 34.0. The van der Waals surface area contributed by atoms with E-state index in [1.165, 1.54) is 12.8 Å². The summed E-state index contributed by atoms with van der Waals surface area (Å²) in [5, 5.41) is 0. The van der Waals surface area contributed by atoms with Crippen LogP contribution in [0.15, 0.2) is 0 Å². The van der Waals surface area contributed by atoms with Crippen LogP contribution in [0.5, 0.6) is 0 Å². The predicted octanol–water partition coefficient (Wildman–Crippen LogP) is 0.618. The van der Waals surface area contributed by atoms with Crippen molar-refractivity contribution in [3.05, 3.63) is 0 Å². The predicted molar refractivity (Wildman–Crippen MR) is 37.1 cm³/mol. The SMILES string of the molecule is COCC1CC(CN)C1. The maximum Gasteiger partial charge on any atom is 0.0490 e. The highest BCUT2D eigenvalue weighted by atomic mass is 16.5. The quantitative estimate of drug-likeness (QED) is 0.606. The van der Waals surface area contributed by atoms with Gasteiger partial charge in [0.25, 0.3) is 0 Å². The molecule has 0 bridgehead atoms. The lowest BCUT2D eigenvalue weighted by Gasteiger charge is -2.33. The minimum Gasteiger partial charge on any atom is -0.384 e. The van der Waals surface area contributed by atoms with Crippen LogP contribution in [0.25, 0.3) is 0 Å². The zero-order valence-electron chi connectivity index (χ0n) is 5.97. The third-order valence-electron chi connectivity index (χ3n) is 2.07. The maximum atomic E-state index is 5.45. The number of methoxy groups -OCH3 is 1. The highest BCUT2D eigenvalue weighted by molar-refractivity contribution is 4.79. The van der Waals surface area contributed by atoms with Crippen LogP contribution >= 0.6 is 0 Å². The van der Waals surface area contributed by atoms with Gasteiger partial charge in [0.2, 0.25) is 0 Å². The van der Waals surface area contributed by atoms with Gasteiger partial charge in [-0.25, -0.2) is 0 Å². The molecule has 0 aliphatic heterocycles. The third-order valence-corrected chi connectivity index (χ3v) is 2.07. The molecule has 54 valence electrons. The first-order chi connectivity index (χ1) is 4.36. The van der Waals surface area contributed by atoms with Crippen LogP contribution in [0.1, 0.15) is 12.8 Å². The molecule has 0 aromatic heterocycles. The molecule has 2 nitrogen and oxygen atoms in total. The first kappa shape index (κ1) is 7.03. The summed E-state index contributed by atoms with van der Waals surface area (Å²) in [5.41, 5.74) is 5.45. The maximum absolute atomic E-state index is 5.45. The average molecular weight is 129 g/mol. The van der Waals surface area contributed by atoms with Gasteiger partial charge in [-0.1, -0.05) is 0 Å². The Labute approximate surface area is 56.4 Å². The Morgan fingerprint density at radius 2 is 2.11 bits per heavy atom. The highest BCUT2D eigenvalue weighted by Gasteiger charge is 2.27. The summed E-state index contributed by atoms with van der Waals surface area (Å²) in [6.07, 6.45) is 2.56. The summed E-state index contributed by atoms with van der Waals surface area (Å²) >= 11 is 0. The molecule has 1 aliphatic rings. The minimum absolute atomic E-state index is 0.796. The molecule has 0 unspecified atom stereocenters. The van der Waals surface area contributed by atoms with Crippen LogP contribution in [0.3, 0.4) is 0 Å². The van der Waals surface area contributed by atoms with Gasteiger partial charge in [-0.05, 0) is 31.2 Å². The Hall–Kier alpha value is -0.0800. The van der Waals surface area contributed by atoms with Gasteiger partial charge in [-0.3, -0.25) is 0 Å².